The highest BCUT2D eigenvalue weighted by molar-refractivity contribution is 5.75. The Morgan fingerprint density at radius 2 is 2.45 bits per heavy atom. The first-order valence-electron chi connectivity index (χ1n) is 8.19. The van der Waals surface area contributed by atoms with Gasteiger partial charge in [0.1, 0.15) is 5.82 Å². The Balaban J connectivity index is 1.98. The van der Waals surface area contributed by atoms with Gasteiger partial charge in [-0.3, -0.25) is 9.69 Å². The second-order valence-corrected chi connectivity index (χ2v) is 6.35. The molecule has 0 radical (unpaired) electrons. The number of carboxylic acids is 1. The number of H-pyrrole nitrogens is 1. The summed E-state index contributed by atoms with van der Waals surface area (Å²) < 4.78 is 0. The molecule has 0 aromatic carbocycles. The molecule has 1 aromatic rings. The molecule has 0 spiro atoms. The van der Waals surface area contributed by atoms with Gasteiger partial charge in [-0.2, -0.15) is 0 Å². The van der Waals surface area contributed by atoms with E-state index >= 15 is 0 Å². The molecular weight excluding hydrogens is 278 g/mol. The maximum absolute atomic E-state index is 11.7. The van der Waals surface area contributed by atoms with E-state index in [-0.39, 0.29) is 0 Å². The summed E-state index contributed by atoms with van der Waals surface area (Å²) in [6.45, 7) is 8.16. The van der Waals surface area contributed by atoms with E-state index in [1.54, 1.807) is 6.08 Å². The highest BCUT2D eigenvalue weighted by atomic mass is 16.4. The van der Waals surface area contributed by atoms with E-state index in [1.165, 1.54) is 0 Å². The number of piperidine rings is 1. The van der Waals surface area contributed by atoms with Gasteiger partial charge in [-0.25, -0.2) is 4.98 Å². The van der Waals surface area contributed by atoms with Crippen molar-refractivity contribution in [2.75, 3.05) is 13.1 Å². The first kappa shape index (κ1) is 16.7. The van der Waals surface area contributed by atoms with Crippen molar-refractivity contribution >= 4 is 5.97 Å². The maximum atomic E-state index is 11.7. The number of allylic oxidation sites excluding steroid dienone is 1. The molecule has 1 fully saturated rings. The number of aromatic nitrogens is 2. The number of unbranched alkanes of at least 4 members (excludes halogenated alkanes) is 1. The molecule has 1 aliphatic heterocycles. The fourth-order valence-corrected chi connectivity index (χ4v) is 3.27. The van der Waals surface area contributed by atoms with Crippen LogP contribution in [0.15, 0.2) is 18.9 Å². The fraction of sp³-hybridized carbons (Fsp3) is 0.647. The molecule has 2 rings (SSSR count). The van der Waals surface area contributed by atoms with Gasteiger partial charge in [0.05, 0.1) is 5.41 Å². The minimum Gasteiger partial charge on any atom is -0.481 e. The lowest BCUT2D eigenvalue weighted by Crippen LogP contribution is -2.47. The normalized spacial score (nSPS) is 22.6. The summed E-state index contributed by atoms with van der Waals surface area (Å²) in [5, 5.41) is 9.61. The Kier molecular flexibility index (Phi) is 5.77. The summed E-state index contributed by atoms with van der Waals surface area (Å²) in [6, 6.07) is 0. The molecule has 0 bridgehead atoms. The highest BCUT2D eigenvalue weighted by Gasteiger charge is 2.41. The number of imidazole rings is 1. The number of nitrogens with zero attached hydrogens (tertiary/aromatic N) is 2. The van der Waals surface area contributed by atoms with E-state index in [1.807, 2.05) is 6.20 Å². The van der Waals surface area contributed by atoms with E-state index in [2.05, 4.69) is 28.4 Å². The third-order valence-electron chi connectivity index (χ3n) is 4.49. The molecule has 1 aliphatic rings. The van der Waals surface area contributed by atoms with Crippen molar-refractivity contribution in [2.45, 2.75) is 52.0 Å². The molecule has 22 heavy (non-hydrogen) atoms. The van der Waals surface area contributed by atoms with Gasteiger partial charge in [-0.1, -0.05) is 19.4 Å². The molecule has 2 heterocycles. The Bertz CT molecular complexity index is 512. The fourth-order valence-electron chi connectivity index (χ4n) is 3.27. The van der Waals surface area contributed by atoms with Crippen molar-refractivity contribution in [1.82, 2.24) is 14.9 Å². The molecule has 5 nitrogen and oxygen atoms in total. The topological polar surface area (TPSA) is 69.2 Å². The molecule has 0 saturated carbocycles. The van der Waals surface area contributed by atoms with Gasteiger partial charge in [0.15, 0.2) is 0 Å². The van der Waals surface area contributed by atoms with Gasteiger partial charge in [-0.05, 0) is 32.2 Å². The second kappa shape index (κ2) is 7.58. The van der Waals surface area contributed by atoms with E-state index in [0.717, 1.165) is 56.7 Å². The number of nitrogens with one attached hydrogen (secondary N) is 1. The van der Waals surface area contributed by atoms with Crippen LogP contribution in [0.3, 0.4) is 0 Å². The monoisotopic (exact) mass is 305 g/mol. The molecular formula is C17H27N3O2. The van der Waals surface area contributed by atoms with Crippen molar-refractivity contribution in [2.24, 2.45) is 5.41 Å². The predicted octanol–water partition coefficient (Wildman–Crippen LogP) is 3.00. The molecule has 122 valence electrons. The van der Waals surface area contributed by atoms with Crippen molar-refractivity contribution in [1.29, 1.82) is 0 Å². The molecule has 0 amide bonds. The van der Waals surface area contributed by atoms with Crippen LogP contribution in [0.25, 0.3) is 0 Å². The third-order valence-corrected chi connectivity index (χ3v) is 4.49. The van der Waals surface area contributed by atoms with Crippen LogP contribution in [0.4, 0.5) is 0 Å². The van der Waals surface area contributed by atoms with Crippen molar-refractivity contribution < 1.29 is 9.90 Å². The number of likely N-dealkylation sites (tertiary alicyclic amines) is 1. The molecule has 1 aromatic heterocycles. The van der Waals surface area contributed by atoms with Crippen LogP contribution in [-0.4, -0.2) is 39.0 Å². The first-order chi connectivity index (χ1) is 10.6. The van der Waals surface area contributed by atoms with Crippen LogP contribution in [0.2, 0.25) is 0 Å². The molecule has 1 atom stereocenters. The van der Waals surface area contributed by atoms with Crippen LogP contribution < -0.4 is 0 Å². The van der Waals surface area contributed by atoms with Gasteiger partial charge < -0.3 is 10.1 Å². The van der Waals surface area contributed by atoms with Gasteiger partial charge in [0.2, 0.25) is 0 Å². The van der Waals surface area contributed by atoms with E-state index < -0.39 is 11.4 Å². The van der Waals surface area contributed by atoms with Crippen molar-refractivity contribution in [3.05, 3.63) is 30.4 Å². The summed E-state index contributed by atoms with van der Waals surface area (Å²) >= 11 is 0. The standard InChI is InChI=1S/C17H27N3O2/c1-3-5-7-15-18-11-14(19-15)12-20-10-6-9-17(13-20,8-4-2)16(21)22/h4,11H,2-3,5-10,12-13H2,1H3,(H,18,19)(H,21,22). The van der Waals surface area contributed by atoms with Crippen LogP contribution in [0.5, 0.6) is 0 Å². The largest absolute Gasteiger partial charge is 0.481 e. The van der Waals surface area contributed by atoms with E-state index in [4.69, 9.17) is 0 Å². The average molecular weight is 305 g/mol. The van der Waals surface area contributed by atoms with Gasteiger partial charge in [0, 0.05) is 31.4 Å². The number of rotatable bonds is 8. The Labute approximate surface area is 132 Å². The van der Waals surface area contributed by atoms with Crippen LogP contribution in [-0.2, 0) is 17.8 Å². The van der Waals surface area contributed by atoms with Crippen LogP contribution in [0.1, 0.15) is 50.5 Å². The van der Waals surface area contributed by atoms with Gasteiger partial charge in [-0.15, -0.1) is 6.58 Å². The first-order valence-corrected chi connectivity index (χ1v) is 8.19. The Morgan fingerprint density at radius 1 is 1.64 bits per heavy atom. The van der Waals surface area contributed by atoms with Crippen LogP contribution >= 0.6 is 0 Å². The zero-order valence-corrected chi connectivity index (χ0v) is 13.5. The molecule has 2 N–H and O–H groups in total. The summed E-state index contributed by atoms with van der Waals surface area (Å²) in [4.78, 5) is 21.7. The van der Waals surface area contributed by atoms with Crippen molar-refractivity contribution in [3.8, 4) is 0 Å². The number of hydrogen-bond donors (Lipinski definition) is 2. The predicted molar refractivity (Wildman–Crippen MR) is 86.6 cm³/mol. The maximum Gasteiger partial charge on any atom is 0.311 e. The van der Waals surface area contributed by atoms with Crippen LogP contribution in [0, 0.1) is 5.41 Å². The summed E-state index contributed by atoms with van der Waals surface area (Å²) in [7, 11) is 0. The SMILES string of the molecule is C=CCC1(C(=O)O)CCCN(Cc2cnc(CCCC)[nH]2)C1. The molecule has 5 heteroatoms. The number of carbonyl (C=O) groups is 1. The number of aliphatic carboxylic acids is 1. The second-order valence-electron chi connectivity index (χ2n) is 6.35. The zero-order valence-electron chi connectivity index (χ0n) is 13.5. The smallest absolute Gasteiger partial charge is 0.311 e. The molecule has 1 saturated heterocycles. The lowest BCUT2D eigenvalue weighted by Gasteiger charge is -2.39. The summed E-state index contributed by atoms with van der Waals surface area (Å²) in [5.41, 5.74) is 0.399. The summed E-state index contributed by atoms with van der Waals surface area (Å²) in [6.07, 6.45) is 9.07. The lowest BCUT2D eigenvalue weighted by atomic mass is 9.77. The zero-order chi connectivity index (χ0) is 16.0. The quantitative estimate of drug-likeness (QED) is 0.724. The number of aromatic amines is 1. The number of aryl methyl sites for hydroxylation is 1. The lowest BCUT2D eigenvalue weighted by molar-refractivity contribution is -0.152. The van der Waals surface area contributed by atoms with E-state index in [0.29, 0.717) is 13.0 Å². The van der Waals surface area contributed by atoms with E-state index in [9.17, 15) is 9.90 Å². The molecule has 1 unspecified atom stereocenters. The van der Waals surface area contributed by atoms with Crippen molar-refractivity contribution in [3.63, 3.8) is 0 Å². The number of carboxylic acid groups (broad SMARTS) is 1. The average Bonchev–Trinajstić information content (AvgIpc) is 2.93. The summed E-state index contributed by atoms with van der Waals surface area (Å²) in [5.74, 6) is 0.329. The third kappa shape index (κ3) is 3.97. The Hall–Kier alpha value is -1.62. The Morgan fingerprint density at radius 3 is 3.14 bits per heavy atom. The van der Waals surface area contributed by atoms with Gasteiger partial charge >= 0.3 is 5.97 Å². The number of hydrogen-bond acceptors (Lipinski definition) is 3. The van der Waals surface area contributed by atoms with Gasteiger partial charge in [0.25, 0.3) is 0 Å². The minimum atomic E-state index is -0.703. The molecule has 0 aliphatic carbocycles. The minimum absolute atomic E-state index is 0.531. The highest BCUT2D eigenvalue weighted by Crippen LogP contribution is 2.34.